The number of rotatable bonds is 3. The predicted molar refractivity (Wildman–Crippen MR) is 114 cm³/mol. The summed E-state index contributed by atoms with van der Waals surface area (Å²) in [5.41, 5.74) is -3.34. The van der Waals surface area contributed by atoms with E-state index in [1.807, 2.05) is 6.92 Å². The molecule has 5 aliphatic rings. The molecule has 4 fully saturated rings. The van der Waals surface area contributed by atoms with Gasteiger partial charge >= 0.3 is 11.9 Å². The lowest BCUT2D eigenvalue weighted by Gasteiger charge is -2.65. The topological polar surface area (TPSA) is 130 Å². The molecule has 0 radical (unpaired) electrons. The molecule has 9 atom stereocenters. The predicted octanol–water partition coefficient (Wildman–Crippen LogP) is 1.79. The Morgan fingerprint density at radius 1 is 1.12 bits per heavy atom. The molecule has 33 heavy (non-hydrogen) atoms. The van der Waals surface area contributed by atoms with Crippen LogP contribution >= 0.6 is 0 Å². The van der Waals surface area contributed by atoms with Crippen LogP contribution in [0.3, 0.4) is 0 Å². The van der Waals surface area contributed by atoms with E-state index in [9.17, 15) is 29.7 Å². The number of hydrogen-bond acceptors (Lipinski definition) is 8. The Hall–Kier alpha value is -1.77. The summed E-state index contributed by atoms with van der Waals surface area (Å²) < 4.78 is 10.4. The summed E-state index contributed by atoms with van der Waals surface area (Å²) in [6, 6.07) is 0. The first-order valence-corrected chi connectivity index (χ1v) is 12.2. The smallest absolute Gasteiger partial charge is 0.344 e. The highest BCUT2D eigenvalue weighted by molar-refractivity contribution is 5.81. The molecule has 0 aromatic carbocycles. The molecule has 0 spiro atoms. The Morgan fingerprint density at radius 2 is 1.85 bits per heavy atom. The summed E-state index contributed by atoms with van der Waals surface area (Å²) in [4.78, 5) is 36.0. The Bertz CT molecular complexity index is 914. The fraction of sp³-hybridized carbons (Fsp3) is 0.800. The highest BCUT2D eigenvalue weighted by Gasteiger charge is 2.72. The summed E-state index contributed by atoms with van der Waals surface area (Å²) in [7, 11) is 0. The molecule has 4 saturated carbocycles. The van der Waals surface area contributed by atoms with Gasteiger partial charge in [0.25, 0.3) is 0 Å². The van der Waals surface area contributed by atoms with E-state index in [2.05, 4.69) is 0 Å². The van der Waals surface area contributed by atoms with Crippen LogP contribution in [0.15, 0.2) is 11.8 Å². The minimum atomic E-state index is -1.29. The normalized spacial score (nSPS) is 51.0. The van der Waals surface area contributed by atoms with Crippen molar-refractivity contribution in [2.24, 2.45) is 28.6 Å². The number of esters is 2. The third kappa shape index (κ3) is 2.89. The SMILES string of the molecule is CC(=O)O[C@H]1CC[C@]2(C=O)[C@H]3CC[C@]4(C)[C@@H](C5=COC(=O)C5O)CC[C@]4(O)[C@@H]3CC[C@]2(O)C1. The van der Waals surface area contributed by atoms with Crippen LogP contribution < -0.4 is 0 Å². The summed E-state index contributed by atoms with van der Waals surface area (Å²) in [5.74, 6) is -1.60. The van der Waals surface area contributed by atoms with Gasteiger partial charge in [-0.1, -0.05) is 6.92 Å². The van der Waals surface area contributed by atoms with Gasteiger partial charge in [-0.05, 0) is 69.1 Å². The Balaban J connectivity index is 1.46. The van der Waals surface area contributed by atoms with Gasteiger partial charge in [-0.25, -0.2) is 4.79 Å². The Morgan fingerprint density at radius 3 is 2.48 bits per heavy atom. The van der Waals surface area contributed by atoms with Crippen LogP contribution in [0.4, 0.5) is 0 Å². The Kier molecular flexibility index (Phi) is 5.13. The first kappa shape index (κ1) is 23.0. The van der Waals surface area contributed by atoms with E-state index >= 15 is 0 Å². The second-order valence-corrected chi connectivity index (χ2v) is 11.3. The molecule has 0 saturated heterocycles. The number of aliphatic hydroxyl groups is 3. The fourth-order valence-electron chi connectivity index (χ4n) is 8.67. The van der Waals surface area contributed by atoms with Gasteiger partial charge in [0.1, 0.15) is 12.4 Å². The second-order valence-electron chi connectivity index (χ2n) is 11.3. The molecule has 4 aliphatic carbocycles. The van der Waals surface area contributed by atoms with Crippen LogP contribution in [0.2, 0.25) is 0 Å². The van der Waals surface area contributed by atoms with E-state index < -0.39 is 40.2 Å². The monoisotopic (exact) mass is 462 g/mol. The number of cyclic esters (lactones) is 1. The van der Waals surface area contributed by atoms with Crippen molar-refractivity contribution in [2.75, 3.05) is 0 Å². The molecule has 8 heteroatoms. The van der Waals surface area contributed by atoms with E-state index in [0.717, 1.165) is 6.29 Å². The van der Waals surface area contributed by atoms with Crippen molar-refractivity contribution in [3.8, 4) is 0 Å². The maximum absolute atomic E-state index is 12.7. The van der Waals surface area contributed by atoms with Gasteiger partial charge in [-0.3, -0.25) is 4.79 Å². The van der Waals surface area contributed by atoms with Crippen LogP contribution in [0.1, 0.15) is 71.6 Å². The molecule has 0 bridgehead atoms. The van der Waals surface area contributed by atoms with Crippen molar-refractivity contribution in [1.82, 2.24) is 0 Å². The zero-order chi connectivity index (χ0) is 23.8. The van der Waals surface area contributed by atoms with Crippen molar-refractivity contribution in [3.63, 3.8) is 0 Å². The lowest BCUT2D eigenvalue weighted by molar-refractivity contribution is -0.249. The minimum Gasteiger partial charge on any atom is -0.462 e. The van der Waals surface area contributed by atoms with E-state index in [-0.39, 0.29) is 30.1 Å². The van der Waals surface area contributed by atoms with Gasteiger partial charge in [0, 0.05) is 24.3 Å². The summed E-state index contributed by atoms with van der Waals surface area (Å²) in [6.45, 7) is 3.38. The standard InChI is InChI=1S/C25H34O8/c1-14(27)33-15-3-8-23(13-26)18-4-7-22(2)17(16-12-32-21(29)20(16)28)6-10-25(22,31)19(18)5-9-24(23,30)11-15/h12-13,15,17-20,28,30-31H,3-11H2,1-2H3/t15-,17+,18-,19+,20?,22+,23-,24-,25-/m0/s1. The number of carbonyl (C=O) groups is 3. The zero-order valence-electron chi connectivity index (χ0n) is 19.3. The molecule has 1 unspecified atom stereocenters. The molecular weight excluding hydrogens is 428 g/mol. The Labute approximate surface area is 193 Å². The van der Waals surface area contributed by atoms with Crippen LogP contribution in [0, 0.1) is 28.6 Å². The van der Waals surface area contributed by atoms with Crippen LogP contribution in [-0.4, -0.2) is 57.0 Å². The molecule has 1 aliphatic heterocycles. The molecule has 0 aromatic heterocycles. The van der Waals surface area contributed by atoms with Crippen molar-refractivity contribution < 1.29 is 39.2 Å². The molecule has 1 heterocycles. The van der Waals surface area contributed by atoms with E-state index in [1.165, 1.54) is 13.2 Å². The first-order chi connectivity index (χ1) is 15.5. The van der Waals surface area contributed by atoms with E-state index in [1.54, 1.807) is 0 Å². The lowest BCUT2D eigenvalue weighted by Crippen LogP contribution is -2.69. The molecule has 0 aromatic rings. The van der Waals surface area contributed by atoms with Crippen LogP contribution in [-0.2, 0) is 23.9 Å². The molecule has 5 rings (SSSR count). The number of carbonyl (C=O) groups excluding carboxylic acids is 3. The van der Waals surface area contributed by atoms with E-state index in [4.69, 9.17) is 9.47 Å². The van der Waals surface area contributed by atoms with Gasteiger partial charge in [-0.2, -0.15) is 0 Å². The zero-order valence-corrected chi connectivity index (χ0v) is 19.3. The van der Waals surface area contributed by atoms with E-state index in [0.29, 0.717) is 56.9 Å². The van der Waals surface area contributed by atoms with Gasteiger partial charge in [0.15, 0.2) is 6.10 Å². The summed E-state index contributed by atoms with van der Waals surface area (Å²) in [6.07, 6.45) is 5.11. The maximum Gasteiger partial charge on any atom is 0.344 e. The van der Waals surface area contributed by atoms with Gasteiger partial charge in [-0.15, -0.1) is 0 Å². The third-order valence-electron chi connectivity index (χ3n) is 10.3. The summed E-state index contributed by atoms with van der Waals surface area (Å²) in [5, 5.41) is 34.3. The maximum atomic E-state index is 12.7. The average Bonchev–Trinajstić information content (AvgIpc) is 3.22. The molecule has 182 valence electrons. The lowest BCUT2D eigenvalue weighted by atomic mass is 9.41. The molecule has 3 N–H and O–H groups in total. The molecule has 0 amide bonds. The van der Waals surface area contributed by atoms with Crippen LogP contribution in [0.25, 0.3) is 0 Å². The van der Waals surface area contributed by atoms with Crippen molar-refractivity contribution in [2.45, 2.75) is 95.0 Å². The number of aliphatic hydroxyl groups excluding tert-OH is 1. The van der Waals surface area contributed by atoms with Gasteiger partial charge in [0.05, 0.1) is 22.9 Å². The average molecular weight is 463 g/mol. The van der Waals surface area contributed by atoms with Crippen molar-refractivity contribution >= 4 is 18.2 Å². The molecule has 8 nitrogen and oxygen atoms in total. The summed E-state index contributed by atoms with van der Waals surface area (Å²) >= 11 is 0. The highest BCUT2D eigenvalue weighted by Crippen LogP contribution is 2.70. The van der Waals surface area contributed by atoms with Crippen LogP contribution in [0.5, 0.6) is 0 Å². The number of aldehydes is 1. The number of ether oxygens (including phenoxy) is 2. The molecular formula is C25H34O8. The van der Waals surface area contributed by atoms with Crippen molar-refractivity contribution in [1.29, 1.82) is 0 Å². The minimum absolute atomic E-state index is 0.173. The van der Waals surface area contributed by atoms with Crippen molar-refractivity contribution in [3.05, 3.63) is 11.8 Å². The largest absolute Gasteiger partial charge is 0.462 e. The highest BCUT2D eigenvalue weighted by atomic mass is 16.6. The third-order valence-corrected chi connectivity index (χ3v) is 10.3. The van der Waals surface area contributed by atoms with Gasteiger partial charge < -0.3 is 29.6 Å². The quantitative estimate of drug-likeness (QED) is 0.427. The number of hydrogen-bond donors (Lipinski definition) is 3. The fourth-order valence-corrected chi connectivity index (χ4v) is 8.67. The second kappa shape index (κ2) is 7.36. The van der Waals surface area contributed by atoms with Gasteiger partial charge in [0.2, 0.25) is 0 Å². The first-order valence-electron chi connectivity index (χ1n) is 12.2. The number of fused-ring (bicyclic) bond motifs is 5.